The molecule has 1 rings (SSSR count). The first kappa shape index (κ1) is 4.08. The quantitative estimate of drug-likeness (QED) is 0.414. The number of hydrogen-bond acceptors (Lipinski definition) is 3. The fraction of sp³-hybridized carbons (Fsp3) is 1.00. The standard InChI is InChI=1S/C2H4O3S/c3-6(4)1-5-2-6/h1-2H2. The summed E-state index contributed by atoms with van der Waals surface area (Å²) in [6.07, 6.45) is 0. The van der Waals surface area contributed by atoms with Gasteiger partial charge in [-0.25, -0.2) is 8.42 Å². The molecule has 0 aromatic rings. The normalized spacial score (nSPS) is 28.7. The number of ether oxygens (including phenoxy) is 1. The van der Waals surface area contributed by atoms with Gasteiger partial charge in [0, 0.05) is 0 Å². The average molecular weight is 108 g/mol. The van der Waals surface area contributed by atoms with E-state index >= 15 is 0 Å². The highest BCUT2D eigenvalue weighted by Gasteiger charge is 2.20. The summed E-state index contributed by atoms with van der Waals surface area (Å²) < 4.78 is 24.3. The van der Waals surface area contributed by atoms with Crippen LogP contribution < -0.4 is 0 Å². The van der Waals surface area contributed by atoms with Gasteiger partial charge in [0.15, 0.2) is 21.7 Å². The van der Waals surface area contributed by atoms with Gasteiger partial charge in [-0.3, -0.25) is 0 Å². The molecule has 0 unspecified atom stereocenters. The molecule has 0 amide bonds. The van der Waals surface area contributed by atoms with Gasteiger partial charge >= 0.3 is 0 Å². The van der Waals surface area contributed by atoms with Gasteiger partial charge in [-0.2, -0.15) is 0 Å². The summed E-state index contributed by atoms with van der Waals surface area (Å²) in [4.78, 5) is 0. The smallest absolute Gasteiger partial charge is 0.198 e. The molecule has 0 aromatic heterocycles. The lowest BCUT2D eigenvalue weighted by atomic mass is 11.5. The van der Waals surface area contributed by atoms with Crippen molar-refractivity contribution in [3.05, 3.63) is 0 Å². The molecule has 0 atom stereocenters. The van der Waals surface area contributed by atoms with E-state index in [-0.39, 0.29) is 11.9 Å². The van der Waals surface area contributed by atoms with Crippen molar-refractivity contribution in [1.82, 2.24) is 0 Å². The lowest BCUT2D eigenvalue weighted by Gasteiger charge is -2.11. The second-order valence-corrected chi connectivity index (χ2v) is 3.14. The Kier molecular flexibility index (Phi) is 0.643. The Balaban J connectivity index is 2.78. The molecule has 0 bridgehead atoms. The number of rotatable bonds is 0. The summed E-state index contributed by atoms with van der Waals surface area (Å²) in [5.41, 5.74) is 0. The molecule has 0 spiro atoms. The molecule has 1 aliphatic heterocycles. The van der Waals surface area contributed by atoms with E-state index in [1.54, 1.807) is 0 Å². The summed E-state index contributed by atoms with van der Waals surface area (Å²) >= 11 is 0. The van der Waals surface area contributed by atoms with Crippen molar-refractivity contribution in [2.45, 2.75) is 0 Å². The van der Waals surface area contributed by atoms with E-state index in [0.29, 0.717) is 0 Å². The van der Waals surface area contributed by atoms with E-state index < -0.39 is 9.84 Å². The maximum atomic E-state index is 9.96. The third kappa shape index (κ3) is 0.529. The average Bonchev–Trinajstić information content (AvgIpc) is 1.32. The van der Waals surface area contributed by atoms with Gasteiger partial charge < -0.3 is 4.74 Å². The van der Waals surface area contributed by atoms with Crippen LogP contribution in [0.15, 0.2) is 0 Å². The summed E-state index contributed by atoms with van der Waals surface area (Å²) in [5, 5.41) is 0. The maximum Gasteiger partial charge on any atom is 0.198 e. The molecule has 0 N–H and O–H groups in total. The highest BCUT2D eigenvalue weighted by molar-refractivity contribution is 7.92. The van der Waals surface area contributed by atoms with Gasteiger partial charge in [0.1, 0.15) is 0 Å². The molecule has 4 heteroatoms. The van der Waals surface area contributed by atoms with Crippen LogP contribution >= 0.6 is 0 Å². The minimum atomic E-state index is -2.70. The summed E-state index contributed by atoms with van der Waals surface area (Å²) in [6.45, 7) is 0. The van der Waals surface area contributed by atoms with Crippen LogP contribution in [0.5, 0.6) is 0 Å². The van der Waals surface area contributed by atoms with Crippen molar-refractivity contribution in [2.75, 3.05) is 11.9 Å². The van der Waals surface area contributed by atoms with Crippen LogP contribution in [-0.4, -0.2) is 20.3 Å². The van der Waals surface area contributed by atoms with Crippen LogP contribution in [0.25, 0.3) is 0 Å². The van der Waals surface area contributed by atoms with Gasteiger partial charge in [0.05, 0.1) is 0 Å². The fourth-order valence-corrected chi connectivity index (χ4v) is 0.658. The number of sulfone groups is 1. The van der Waals surface area contributed by atoms with Crippen molar-refractivity contribution >= 4 is 9.84 Å². The van der Waals surface area contributed by atoms with Gasteiger partial charge in [0.2, 0.25) is 0 Å². The Morgan fingerprint density at radius 1 is 1.33 bits per heavy atom. The Labute approximate surface area is 35.8 Å². The van der Waals surface area contributed by atoms with Crippen molar-refractivity contribution in [1.29, 1.82) is 0 Å². The third-order valence-corrected chi connectivity index (χ3v) is 1.58. The van der Waals surface area contributed by atoms with Gasteiger partial charge in [-0.15, -0.1) is 0 Å². The molecule has 6 heavy (non-hydrogen) atoms. The first-order valence-corrected chi connectivity index (χ1v) is 3.31. The minimum Gasteiger partial charge on any atom is -0.349 e. The van der Waals surface area contributed by atoms with E-state index in [1.165, 1.54) is 0 Å². The Bertz CT molecular complexity index is 123. The molecule has 1 aliphatic rings. The highest BCUT2D eigenvalue weighted by Crippen LogP contribution is 2.02. The van der Waals surface area contributed by atoms with Gasteiger partial charge in [-0.05, 0) is 0 Å². The molecule has 36 valence electrons. The van der Waals surface area contributed by atoms with Crippen molar-refractivity contribution in [3.8, 4) is 0 Å². The minimum absolute atomic E-state index is 0.0764. The van der Waals surface area contributed by atoms with Crippen LogP contribution in [0.2, 0.25) is 0 Å². The van der Waals surface area contributed by atoms with Crippen molar-refractivity contribution in [2.24, 2.45) is 0 Å². The molecular weight excluding hydrogens is 104 g/mol. The topological polar surface area (TPSA) is 43.4 Å². The molecule has 1 fully saturated rings. The van der Waals surface area contributed by atoms with E-state index in [4.69, 9.17) is 0 Å². The van der Waals surface area contributed by atoms with Crippen LogP contribution in [0.4, 0.5) is 0 Å². The van der Waals surface area contributed by atoms with Gasteiger partial charge in [0.25, 0.3) is 0 Å². The first-order valence-electron chi connectivity index (χ1n) is 1.49. The van der Waals surface area contributed by atoms with Gasteiger partial charge in [-0.1, -0.05) is 0 Å². The predicted octanol–water partition coefficient (Wildman–Crippen LogP) is -0.654. The summed E-state index contributed by atoms with van der Waals surface area (Å²) in [5.74, 6) is -0.153. The number of hydrogen-bond donors (Lipinski definition) is 0. The van der Waals surface area contributed by atoms with E-state index in [2.05, 4.69) is 4.74 Å². The lowest BCUT2D eigenvalue weighted by molar-refractivity contribution is 0.181. The first-order chi connectivity index (χ1) is 2.71. The summed E-state index contributed by atoms with van der Waals surface area (Å²) in [6, 6.07) is 0. The highest BCUT2D eigenvalue weighted by atomic mass is 32.2. The molecule has 1 heterocycles. The zero-order chi connectivity index (χ0) is 4.62. The monoisotopic (exact) mass is 108 g/mol. The van der Waals surface area contributed by atoms with E-state index in [9.17, 15) is 8.42 Å². The Morgan fingerprint density at radius 2 is 1.67 bits per heavy atom. The molecule has 3 nitrogen and oxygen atoms in total. The van der Waals surface area contributed by atoms with Crippen LogP contribution in [-0.2, 0) is 14.6 Å². The zero-order valence-electron chi connectivity index (χ0n) is 3.05. The second kappa shape index (κ2) is 0.946. The van der Waals surface area contributed by atoms with E-state index in [1.807, 2.05) is 0 Å². The molecular formula is C2H4O3S. The predicted molar refractivity (Wildman–Crippen MR) is 19.7 cm³/mol. The van der Waals surface area contributed by atoms with Crippen LogP contribution in [0.3, 0.4) is 0 Å². The second-order valence-electron chi connectivity index (χ2n) is 1.18. The molecule has 0 saturated carbocycles. The maximum absolute atomic E-state index is 9.96. The Morgan fingerprint density at radius 3 is 1.67 bits per heavy atom. The van der Waals surface area contributed by atoms with E-state index in [0.717, 1.165) is 0 Å². The van der Waals surface area contributed by atoms with Crippen LogP contribution in [0, 0.1) is 0 Å². The largest absolute Gasteiger partial charge is 0.349 e. The third-order valence-electron chi connectivity index (χ3n) is 0.526. The SMILES string of the molecule is O=S1(=O)COC1. The molecule has 0 aliphatic carbocycles. The summed E-state index contributed by atoms with van der Waals surface area (Å²) in [7, 11) is -2.70. The molecule has 0 aromatic carbocycles. The van der Waals surface area contributed by atoms with Crippen LogP contribution in [0.1, 0.15) is 0 Å². The van der Waals surface area contributed by atoms with Crippen molar-refractivity contribution in [3.63, 3.8) is 0 Å². The molecule has 0 radical (unpaired) electrons. The molecule has 1 saturated heterocycles. The zero-order valence-corrected chi connectivity index (χ0v) is 3.86. The lowest BCUT2D eigenvalue weighted by Crippen LogP contribution is -2.26. The fourth-order valence-electron chi connectivity index (χ4n) is 0.219. The Hall–Kier alpha value is -0.0900. The van der Waals surface area contributed by atoms with Crippen molar-refractivity contribution < 1.29 is 13.2 Å².